The second-order valence-corrected chi connectivity index (χ2v) is 4.17. The van der Waals surface area contributed by atoms with Crippen LogP contribution < -0.4 is 4.74 Å². The highest BCUT2D eigenvalue weighted by Crippen LogP contribution is 2.22. The van der Waals surface area contributed by atoms with Crippen LogP contribution in [0.3, 0.4) is 0 Å². The lowest BCUT2D eigenvalue weighted by Gasteiger charge is -2.17. The number of fused-ring (bicyclic) bond motifs is 1. The van der Waals surface area contributed by atoms with Crippen LogP contribution in [0.1, 0.15) is 24.5 Å². The van der Waals surface area contributed by atoms with Gasteiger partial charge in [-0.05, 0) is 48.4 Å². The molecule has 0 fully saturated rings. The number of methoxy groups -OCH3 is 1. The summed E-state index contributed by atoms with van der Waals surface area (Å²) in [6, 6.07) is 6.31. The summed E-state index contributed by atoms with van der Waals surface area (Å²) in [5.41, 5.74) is 2.70. The van der Waals surface area contributed by atoms with Gasteiger partial charge in [-0.3, -0.25) is 0 Å². The number of benzene rings is 1. The van der Waals surface area contributed by atoms with E-state index in [1.807, 2.05) is 6.07 Å². The van der Waals surface area contributed by atoms with Crippen molar-refractivity contribution in [2.24, 2.45) is 0 Å². The molecule has 2 nitrogen and oxygen atoms in total. The maximum Gasteiger partial charge on any atom is 0.119 e. The molecule has 1 heterocycles. The molecule has 2 rings (SSSR count). The van der Waals surface area contributed by atoms with E-state index in [9.17, 15) is 0 Å². The van der Waals surface area contributed by atoms with Gasteiger partial charge in [-0.1, -0.05) is 13.0 Å². The lowest BCUT2D eigenvalue weighted by molar-refractivity contribution is 0.383. The molecule has 1 aromatic carbocycles. The SMILES string of the molecule is CCCN1C=Cc2ccc(OC)cc2CC1. The second kappa shape index (κ2) is 5.06. The fourth-order valence-electron chi connectivity index (χ4n) is 2.09. The van der Waals surface area contributed by atoms with Gasteiger partial charge in [0.2, 0.25) is 0 Å². The summed E-state index contributed by atoms with van der Waals surface area (Å²) in [5.74, 6) is 0.955. The molecule has 16 heavy (non-hydrogen) atoms. The Morgan fingerprint density at radius 1 is 1.38 bits per heavy atom. The zero-order valence-corrected chi connectivity index (χ0v) is 10.1. The van der Waals surface area contributed by atoms with Gasteiger partial charge in [-0.15, -0.1) is 0 Å². The van der Waals surface area contributed by atoms with E-state index in [2.05, 4.69) is 36.2 Å². The van der Waals surface area contributed by atoms with Crippen molar-refractivity contribution in [1.82, 2.24) is 4.90 Å². The van der Waals surface area contributed by atoms with Crippen molar-refractivity contribution in [2.75, 3.05) is 20.2 Å². The van der Waals surface area contributed by atoms with Crippen LogP contribution in [0.25, 0.3) is 6.08 Å². The molecule has 2 heteroatoms. The normalized spacial score (nSPS) is 14.5. The number of ether oxygens (including phenoxy) is 1. The minimum atomic E-state index is 0.955. The van der Waals surface area contributed by atoms with E-state index >= 15 is 0 Å². The van der Waals surface area contributed by atoms with Gasteiger partial charge in [0.1, 0.15) is 5.75 Å². The van der Waals surface area contributed by atoms with Gasteiger partial charge in [0.25, 0.3) is 0 Å². The van der Waals surface area contributed by atoms with Crippen LogP contribution in [0.2, 0.25) is 0 Å². The number of nitrogens with zero attached hydrogens (tertiary/aromatic N) is 1. The van der Waals surface area contributed by atoms with Gasteiger partial charge in [-0.25, -0.2) is 0 Å². The van der Waals surface area contributed by atoms with Crippen molar-refractivity contribution in [3.8, 4) is 5.75 Å². The van der Waals surface area contributed by atoms with Gasteiger partial charge in [0, 0.05) is 13.1 Å². The van der Waals surface area contributed by atoms with Gasteiger partial charge < -0.3 is 9.64 Å². The van der Waals surface area contributed by atoms with Crippen molar-refractivity contribution < 1.29 is 4.74 Å². The average Bonchev–Trinajstić information content (AvgIpc) is 2.52. The fourth-order valence-corrected chi connectivity index (χ4v) is 2.09. The zero-order valence-electron chi connectivity index (χ0n) is 10.1. The molecule has 0 atom stereocenters. The van der Waals surface area contributed by atoms with Crippen molar-refractivity contribution >= 4 is 6.08 Å². The molecule has 1 aromatic rings. The number of hydrogen-bond acceptors (Lipinski definition) is 2. The highest BCUT2D eigenvalue weighted by Gasteiger charge is 2.08. The monoisotopic (exact) mass is 217 g/mol. The first-order chi connectivity index (χ1) is 7.83. The Balaban J connectivity index is 2.19. The van der Waals surface area contributed by atoms with Crippen molar-refractivity contribution in [3.05, 3.63) is 35.5 Å². The molecule has 0 saturated carbocycles. The molecule has 0 bridgehead atoms. The fraction of sp³-hybridized carbons (Fsp3) is 0.429. The third kappa shape index (κ3) is 2.38. The topological polar surface area (TPSA) is 12.5 Å². The van der Waals surface area contributed by atoms with E-state index in [0.29, 0.717) is 0 Å². The predicted octanol–water partition coefficient (Wildman–Crippen LogP) is 2.93. The first-order valence-electron chi connectivity index (χ1n) is 5.92. The standard InChI is InChI=1S/C14H19NO/c1-3-8-15-9-6-12-4-5-14(16-2)11-13(12)7-10-15/h4-6,9,11H,3,7-8,10H2,1-2H3. The quantitative estimate of drug-likeness (QED) is 0.772. The molecule has 0 aliphatic carbocycles. The Morgan fingerprint density at radius 2 is 2.25 bits per heavy atom. The van der Waals surface area contributed by atoms with Crippen molar-refractivity contribution in [1.29, 1.82) is 0 Å². The summed E-state index contributed by atoms with van der Waals surface area (Å²) in [4.78, 5) is 2.38. The van der Waals surface area contributed by atoms with Crippen molar-refractivity contribution in [3.63, 3.8) is 0 Å². The first kappa shape index (κ1) is 11.1. The third-order valence-corrected chi connectivity index (χ3v) is 2.99. The summed E-state index contributed by atoms with van der Waals surface area (Å²) < 4.78 is 5.26. The van der Waals surface area contributed by atoms with E-state index in [1.54, 1.807) is 7.11 Å². The van der Waals surface area contributed by atoms with Crippen LogP contribution in [0.4, 0.5) is 0 Å². The third-order valence-electron chi connectivity index (χ3n) is 2.99. The highest BCUT2D eigenvalue weighted by molar-refractivity contribution is 5.56. The summed E-state index contributed by atoms with van der Waals surface area (Å²) in [6.45, 7) is 4.46. The van der Waals surface area contributed by atoms with Crippen LogP contribution in [-0.4, -0.2) is 25.1 Å². The maximum absolute atomic E-state index is 5.26. The Hall–Kier alpha value is -1.44. The smallest absolute Gasteiger partial charge is 0.119 e. The lowest BCUT2D eigenvalue weighted by atomic mass is 10.0. The average molecular weight is 217 g/mol. The van der Waals surface area contributed by atoms with Gasteiger partial charge in [0.05, 0.1) is 7.11 Å². The Morgan fingerprint density at radius 3 is 3.00 bits per heavy atom. The largest absolute Gasteiger partial charge is 0.497 e. The van der Waals surface area contributed by atoms with E-state index < -0.39 is 0 Å². The minimum Gasteiger partial charge on any atom is -0.497 e. The van der Waals surface area contributed by atoms with Gasteiger partial charge in [-0.2, -0.15) is 0 Å². The minimum absolute atomic E-state index is 0.955. The molecule has 1 aliphatic heterocycles. The van der Waals surface area contributed by atoms with E-state index in [4.69, 9.17) is 4.74 Å². The first-order valence-corrected chi connectivity index (χ1v) is 5.92. The highest BCUT2D eigenvalue weighted by atomic mass is 16.5. The molecule has 0 unspecified atom stereocenters. The molecule has 0 aromatic heterocycles. The lowest BCUT2D eigenvalue weighted by Crippen LogP contribution is -2.19. The summed E-state index contributed by atoms with van der Waals surface area (Å²) >= 11 is 0. The Labute approximate surface area is 97.5 Å². The predicted molar refractivity (Wildman–Crippen MR) is 67.6 cm³/mol. The zero-order chi connectivity index (χ0) is 11.4. The van der Waals surface area contributed by atoms with Gasteiger partial charge >= 0.3 is 0 Å². The molecule has 0 amide bonds. The molecule has 86 valence electrons. The number of hydrogen-bond donors (Lipinski definition) is 0. The number of rotatable bonds is 3. The van der Waals surface area contributed by atoms with E-state index in [-0.39, 0.29) is 0 Å². The molecule has 0 spiro atoms. The maximum atomic E-state index is 5.26. The van der Waals surface area contributed by atoms with Crippen LogP contribution in [0, 0.1) is 0 Å². The van der Waals surface area contributed by atoms with Crippen LogP contribution in [0.15, 0.2) is 24.4 Å². The second-order valence-electron chi connectivity index (χ2n) is 4.17. The van der Waals surface area contributed by atoms with Crippen molar-refractivity contribution in [2.45, 2.75) is 19.8 Å². The van der Waals surface area contributed by atoms with Gasteiger partial charge in [0.15, 0.2) is 0 Å². The van der Waals surface area contributed by atoms with Crippen LogP contribution in [0.5, 0.6) is 5.75 Å². The Kier molecular flexibility index (Phi) is 3.50. The van der Waals surface area contributed by atoms with E-state index in [1.165, 1.54) is 17.5 Å². The molecule has 0 N–H and O–H groups in total. The summed E-state index contributed by atoms with van der Waals surface area (Å²) in [5, 5.41) is 0. The molecule has 0 saturated heterocycles. The molecule has 0 radical (unpaired) electrons. The summed E-state index contributed by atoms with van der Waals surface area (Å²) in [7, 11) is 1.72. The van der Waals surface area contributed by atoms with Crippen LogP contribution >= 0.6 is 0 Å². The van der Waals surface area contributed by atoms with Crippen LogP contribution in [-0.2, 0) is 6.42 Å². The molecule has 1 aliphatic rings. The summed E-state index contributed by atoms with van der Waals surface area (Å²) in [6.07, 6.45) is 6.71. The Bertz CT molecular complexity index is 384. The van der Waals surface area contributed by atoms with E-state index in [0.717, 1.165) is 25.3 Å². The molecular formula is C14H19NO. The molecular weight excluding hydrogens is 198 g/mol.